The molecule has 0 heterocycles. The van der Waals surface area contributed by atoms with Gasteiger partial charge in [-0.25, -0.2) is 0 Å². The molecule has 1 N–H and O–H groups in total. The largest absolute Gasteiger partial charge is 0.496 e. The summed E-state index contributed by atoms with van der Waals surface area (Å²) < 4.78 is 29.7. The van der Waals surface area contributed by atoms with Gasteiger partial charge in [0, 0.05) is 24.4 Å². The van der Waals surface area contributed by atoms with Crippen LogP contribution in [-0.2, 0) is 13.6 Å². The minimum Gasteiger partial charge on any atom is -0.496 e. The summed E-state index contributed by atoms with van der Waals surface area (Å²) in [6, 6.07) is 13.2. The Morgan fingerprint density at radius 2 is 1.67 bits per heavy atom. The smallest absolute Gasteiger partial charge is 0.356 e. The highest BCUT2D eigenvalue weighted by Gasteiger charge is 2.35. The molecule has 0 saturated heterocycles. The maximum atomic E-state index is 13.0. The van der Waals surface area contributed by atoms with Crippen molar-refractivity contribution in [3.63, 3.8) is 0 Å². The normalized spacial score (nSPS) is 12.7. The van der Waals surface area contributed by atoms with Gasteiger partial charge in [-0.1, -0.05) is 28.1 Å². The second-order valence-corrected chi connectivity index (χ2v) is 8.43. The molecule has 0 aliphatic carbocycles. The van der Waals surface area contributed by atoms with Crippen LogP contribution in [0.25, 0.3) is 0 Å². The average Bonchev–Trinajstić information content (AvgIpc) is 2.60. The van der Waals surface area contributed by atoms with Crippen molar-refractivity contribution in [1.82, 2.24) is 0 Å². The molecule has 2 rings (SSSR count). The third kappa shape index (κ3) is 4.19. The summed E-state index contributed by atoms with van der Waals surface area (Å²) in [5, 5.41) is 3.27. The molecule has 0 aliphatic heterocycles. The van der Waals surface area contributed by atoms with Crippen LogP contribution >= 0.6 is 23.5 Å². The van der Waals surface area contributed by atoms with Crippen molar-refractivity contribution >= 4 is 29.2 Å². The summed E-state index contributed by atoms with van der Waals surface area (Å²) in [4.78, 5) is 0. The predicted molar refractivity (Wildman–Crippen MR) is 99.9 cm³/mol. The van der Waals surface area contributed by atoms with E-state index in [1.165, 1.54) is 14.2 Å². The topological polar surface area (TPSA) is 56.8 Å². The molecule has 2 aromatic carbocycles. The van der Waals surface area contributed by atoms with Crippen molar-refractivity contribution < 1.29 is 18.3 Å². The van der Waals surface area contributed by atoms with E-state index in [9.17, 15) is 4.57 Å². The van der Waals surface area contributed by atoms with E-state index in [2.05, 4.69) is 21.2 Å². The third-order valence-electron chi connectivity index (χ3n) is 3.71. The fourth-order valence-corrected chi connectivity index (χ4v) is 4.08. The second kappa shape index (κ2) is 8.17. The second-order valence-electron chi connectivity index (χ2n) is 5.19. The lowest BCUT2D eigenvalue weighted by Crippen LogP contribution is -2.13. The van der Waals surface area contributed by atoms with Crippen LogP contribution < -0.4 is 10.1 Å². The van der Waals surface area contributed by atoms with Gasteiger partial charge in [0.05, 0.1) is 7.11 Å². The number of rotatable bonds is 7. The molecule has 0 unspecified atom stereocenters. The summed E-state index contributed by atoms with van der Waals surface area (Å²) in [6.45, 7) is 1.95. The molecule has 0 radical (unpaired) electrons. The Kier molecular flexibility index (Phi) is 6.47. The third-order valence-corrected chi connectivity index (χ3v) is 6.32. The van der Waals surface area contributed by atoms with Gasteiger partial charge in [-0.3, -0.25) is 4.57 Å². The SMILES string of the molecule is COc1ccc(N[C@@H](c2ccc(Br)cc2)P(=O)(OC)OC)cc1C. The molecular formula is C17H21BrNO4P. The molecule has 0 amide bonds. The molecule has 0 spiro atoms. The zero-order valence-electron chi connectivity index (χ0n) is 14.1. The van der Waals surface area contributed by atoms with Crippen LogP contribution in [0.15, 0.2) is 46.9 Å². The van der Waals surface area contributed by atoms with E-state index in [-0.39, 0.29) is 0 Å². The summed E-state index contributed by atoms with van der Waals surface area (Å²) in [6.07, 6.45) is 0. The van der Waals surface area contributed by atoms with Gasteiger partial charge in [0.25, 0.3) is 0 Å². The summed E-state index contributed by atoms with van der Waals surface area (Å²) in [7, 11) is 1.02. The Labute approximate surface area is 151 Å². The van der Waals surface area contributed by atoms with E-state index >= 15 is 0 Å². The number of methoxy groups -OCH3 is 1. The zero-order chi connectivity index (χ0) is 17.7. The van der Waals surface area contributed by atoms with Crippen molar-refractivity contribution in [3.05, 3.63) is 58.1 Å². The van der Waals surface area contributed by atoms with Crippen molar-refractivity contribution in [3.8, 4) is 5.75 Å². The monoisotopic (exact) mass is 413 g/mol. The van der Waals surface area contributed by atoms with E-state index in [0.29, 0.717) is 0 Å². The zero-order valence-corrected chi connectivity index (χ0v) is 16.6. The van der Waals surface area contributed by atoms with Crippen molar-refractivity contribution in [2.24, 2.45) is 0 Å². The van der Waals surface area contributed by atoms with E-state index in [1.54, 1.807) is 7.11 Å². The number of nitrogens with one attached hydrogen (secondary N) is 1. The Morgan fingerprint density at radius 3 is 2.17 bits per heavy atom. The fourth-order valence-electron chi connectivity index (χ4n) is 2.40. The standard InChI is InChI=1S/C17H21BrNO4P/c1-12-11-15(9-10-16(12)21-2)19-17(24(20,22-3)23-4)13-5-7-14(18)8-6-13/h5-11,17,19H,1-4H3/t17-/m1/s1. The molecule has 0 aliphatic rings. The summed E-state index contributed by atoms with van der Waals surface area (Å²) in [5.74, 6) is 0.163. The van der Waals surface area contributed by atoms with Crippen LogP contribution in [-0.4, -0.2) is 21.3 Å². The molecule has 7 heteroatoms. The quantitative estimate of drug-likeness (QED) is 0.618. The maximum Gasteiger partial charge on any atom is 0.356 e. The van der Waals surface area contributed by atoms with Gasteiger partial charge in [-0.2, -0.15) is 0 Å². The van der Waals surface area contributed by atoms with Gasteiger partial charge in [0.2, 0.25) is 0 Å². The van der Waals surface area contributed by atoms with Crippen molar-refractivity contribution in [1.29, 1.82) is 0 Å². The van der Waals surface area contributed by atoms with Gasteiger partial charge in [0.1, 0.15) is 5.75 Å². The van der Waals surface area contributed by atoms with Crippen molar-refractivity contribution in [2.45, 2.75) is 12.7 Å². The van der Waals surface area contributed by atoms with E-state index in [1.807, 2.05) is 49.4 Å². The molecule has 0 fully saturated rings. The lowest BCUT2D eigenvalue weighted by Gasteiger charge is -2.26. The molecule has 0 saturated carbocycles. The van der Waals surface area contributed by atoms with Gasteiger partial charge < -0.3 is 19.1 Å². The molecule has 0 aromatic heterocycles. The Hall–Kier alpha value is -1.33. The van der Waals surface area contributed by atoms with Crippen LogP contribution in [0.5, 0.6) is 5.75 Å². The van der Waals surface area contributed by atoms with Crippen molar-refractivity contribution in [2.75, 3.05) is 26.6 Å². The van der Waals surface area contributed by atoms with Crippen LogP contribution in [0.3, 0.4) is 0 Å². The molecule has 0 bridgehead atoms. The molecule has 24 heavy (non-hydrogen) atoms. The number of ether oxygens (including phenoxy) is 1. The van der Waals surface area contributed by atoms with Gasteiger partial charge in [-0.05, 0) is 48.4 Å². The molecule has 1 atom stereocenters. The first-order chi connectivity index (χ1) is 11.4. The molecule has 2 aromatic rings. The number of aryl methyl sites for hydroxylation is 1. The van der Waals surface area contributed by atoms with Crippen LogP contribution in [0.2, 0.25) is 0 Å². The molecule has 5 nitrogen and oxygen atoms in total. The van der Waals surface area contributed by atoms with E-state index < -0.39 is 13.4 Å². The number of benzene rings is 2. The van der Waals surface area contributed by atoms with Gasteiger partial charge in [-0.15, -0.1) is 0 Å². The first-order valence-corrected chi connectivity index (χ1v) is 9.72. The Balaban J connectivity index is 2.41. The van der Waals surface area contributed by atoms with E-state index in [4.69, 9.17) is 13.8 Å². The summed E-state index contributed by atoms with van der Waals surface area (Å²) >= 11 is 3.41. The lowest BCUT2D eigenvalue weighted by atomic mass is 10.2. The van der Waals surface area contributed by atoms with Crippen LogP contribution in [0, 0.1) is 6.92 Å². The number of halogens is 1. The minimum atomic E-state index is -3.39. The Morgan fingerprint density at radius 1 is 1.04 bits per heavy atom. The van der Waals surface area contributed by atoms with Crippen LogP contribution in [0.4, 0.5) is 5.69 Å². The van der Waals surface area contributed by atoms with Crippen LogP contribution in [0.1, 0.15) is 16.9 Å². The summed E-state index contributed by atoms with van der Waals surface area (Å²) in [5.41, 5.74) is 2.58. The first kappa shape index (κ1) is 19.0. The molecule has 130 valence electrons. The Bertz CT molecular complexity index is 728. The average molecular weight is 414 g/mol. The first-order valence-electron chi connectivity index (χ1n) is 7.31. The van der Waals surface area contributed by atoms with Gasteiger partial charge in [0.15, 0.2) is 5.78 Å². The predicted octanol–water partition coefficient (Wildman–Crippen LogP) is 5.36. The number of hydrogen-bond acceptors (Lipinski definition) is 5. The van der Waals surface area contributed by atoms with Gasteiger partial charge >= 0.3 is 7.60 Å². The number of hydrogen-bond donors (Lipinski definition) is 1. The lowest BCUT2D eigenvalue weighted by molar-refractivity contribution is 0.268. The van der Waals surface area contributed by atoms with E-state index in [0.717, 1.165) is 27.0 Å². The maximum absolute atomic E-state index is 13.0. The highest BCUT2D eigenvalue weighted by Crippen LogP contribution is 2.59. The number of anilines is 1. The minimum absolute atomic E-state index is 0.631. The highest BCUT2D eigenvalue weighted by molar-refractivity contribution is 9.10. The highest BCUT2D eigenvalue weighted by atomic mass is 79.9. The molecular weight excluding hydrogens is 393 g/mol. The fraction of sp³-hybridized carbons (Fsp3) is 0.294.